The smallest absolute Gasteiger partial charge is 0.191 e. The quantitative estimate of drug-likeness (QED) is 0.290. The van der Waals surface area contributed by atoms with E-state index < -0.39 is 0 Å². The Labute approximate surface area is 133 Å². The Morgan fingerprint density at radius 3 is 2.50 bits per heavy atom. The summed E-state index contributed by atoms with van der Waals surface area (Å²) in [6.45, 7) is 8.63. The van der Waals surface area contributed by atoms with E-state index in [0.717, 1.165) is 25.5 Å². The van der Waals surface area contributed by atoms with Crippen molar-refractivity contribution in [3.63, 3.8) is 0 Å². The Bertz CT molecular complexity index is 225. The van der Waals surface area contributed by atoms with Gasteiger partial charge >= 0.3 is 0 Å². The second-order valence-electron chi connectivity index (χ2n) is 4.43. The van der Waals surface area contributed by atoms with Crippen molar-refractivity contribution >= 4 is 41.7 Å². The van der Waals surface area contributed by atoms with Crippen LogP contribution in [0.25, 0.3) is 0 Å². The maximum absolute atomic E-state index is 5.34. The van der Waals surface area contributed by atoms with E-state index in [1.54, 1.807) is 7.11 Å². The Morgan fingerprint density at radius 1 is 1.33 bits per heavy atom. The van der Waals surface area contributed by atoms with Crippen LogP contribution < -0.4 is 10.6 Å². The predicted octanol–water partition coefficient (Wildman–Crippen LogP) is 2.34. The molecule has 4 nitrogen and oxygen atoms in total. The minimum absolute atomic E-state index is 0. The SMILES string of the molecule is CCNC(=NCC(C)(C)OC)NCCCSC.I. The zero-order valence-electron chi connectivity index (χ0n) is 12.2. The number of halogens is 1. The van der Waals surface area contributed by atoms with Crippen LogP contribution in [0.1, 0.15) is 27.2 Å². The Kier molecular flexibility index (Phi) is 14.1. The normalized spacial score (nSPS) is 11.9. The summed E-state index contributed by atoms with van der Waals surface area (Å²) >= 11 is 1.87. The maximum atomic E-state index is 5.34. The van der Waals surface area contributed by atoms with Crippen LogP contribution in [0.2, 0.25) is 0 Å². The number of nitrogens with zero attached hydrogens (tertiary/aromatic N) is 1. The van der Waals surface area contributed by atoms with Gasteiger partial charge < -0.3 is 15.4 Å². The molecule has 0 saturated carbocycles. The van der Waals surface area contributed by atoms with E-state index in [-0.39, 0.29) is 29.6 Å². The molecule has 18 heavy (non-hydrogen) atoms. The van der Waals surface area contributed by atoms with Crippen LogP contribution >= 0.6 is 35.7 Å². The first-order valence-corrected chi connectivity index (χ1v) is 7.51. The fourth-order valence-electron chi connectivity index (χ4n) is 1.10. The van der Waals surface area contributed by atoms with Gasteiger partial charge in [0.25, 0.3) is 0 Å². The van der Waals surface area contributed by atoms with E-state index in [4.69, 9.17) is 4.74 Å². The van der Waals surface area contributed by atoms with Crippen LogP contribution in [0.15, 0.2) is 4.99 Å². The van der Waals surface area contributed by atoms with Crippen molar-refractivity contribution in [2.75, 3.05) is 38.8 Å². The van der Waals surface area contributed by atoms with Gasteiger partial charge in [0, 0.05) is 20.2 Å². The lowest BCUT2D eigenvalue weighted by Gasteiger charge is -2.21. The lowest BCUT2D eigenvalue weighted by molar-refractivity contribution is 0.0310. The fourth-order valence-corrected chi connectivity index (χ4v) is 1.53. The second-order valence-corrected chi connectivity index (χ2v) is 5.42. The van der Waals surface area contributed by atoms with E-state index in [2.05, 4.69) is 28.8 Å². The Morgan fingerprint density at radius 2 is 2.00 bits per heavy atom. The first-order chi connectivity index (χ1) is 8.05. The van der Waals surface area contributed by atoms with Gasteiger partial charge in [-0.05, 0) is 39.2 Å². The maximum Gasteiger partial charge on any atom is 0.191 e. The van der Waals surface area contributed by atoms with Crippen molar-refractivity contribution in [3.05, 3.63) is 0 Å². The third-order valence-electron chi connectivity index (χ3n) is 2.33. The molecule has 0 heterocycles. The van der Waals surface area contributed by atoms with Gasteiger partial charge in [0.2, 0.25) is 0 Å². The molecular formula is C12H28IN3OS. The molecule has 0 aliphatic heterocycles. The van der Waals surface area contributed by atoms with E-state index >= 15 is 0 Å². The van der Waals surface area contributed by atoms with Crippen molar-refractivity contribution in [3.8, 4) is 0 Å². The van der Waals surface area contributed by atoms with Crippen molar-refractivity contribution in [2.45, 2.75) is 32.8 Å². The molecule has 0 radical (unpaired) electrons. The third kappa shape index (κ3) is 11.4. The van der Waals surface area contributed by atoms with Crippen LogP contribution in [0.5, 0.6) is 0 Å². The zero-order chi connectivity index (χ0) is 13.1. The first kappa shape index (κ1) is 20.6. The summed E-state index contributed by atoms with van der Waals surface area (Å²) in [6, 6.07) is 0. The number of rotatable bonds is 8. The van der Waals surface area contributed by atoms with Crippen molar-refractivity contribution in [2.24, 2.45) is 4.99 Å². The number of nitrogens with one attached hydrogen (secondary N) is 2. The molecule has 0 unspecified atom stereocenters. The van der Waals surface area contributed by atoms with Crippen LogP contribution in [0.4, 0.5) is 0 Å². The topological polar surface area (TPSA) is 45.7 Å². The lowest BCUT2D eigenvalue weighted by atomic mass is 10.1. The first-order valence-electron chi connectivity index (χ1n) is 6.12. The largest absolute Gasteiger partial charge is 0.377 e. The number of thioether (sulfide) groups is 1. The standard InChI is InChI=1S/C12H27N3OS.HI/c1-6-13-11(14-8-7-9-17-5)15-10-12(2,3)16-4;/h6-10H2,1-5H3,(H2,13,14,15);1H. The van der Waals surface area contributed by atoms with Crippen molar-refractivity contribution in [1.82, 2.24) is 10.6 Å². The monoisotopic (exact) mass is 389 g/mol. The van der Waals surface area contributed by atoms with Crippen LogP contribution in [-0.4, -0.2) is 50.3 Å². The molecule has 110 valence electrons. The van der Waals surface area contributed by atoms with Gasteiger partial charge in [-0.25, -0.2) is 0 Å². The molecule has 0 aromatic heterocycles. The molecule has 0 aromatic rings. The molecule has 6 heteroatoms. The highest BCUT2D eigenvalue weighted by Gasteiger charge is 2.15. The predicted molar refractivity (Wildman–Crippen MR) is 93.5 cm³/mol. The fraction of sp³-hybridized carbons (Fsp3) is 0.917. The summed E-state index contributed by atoms with van der Waals surface area (Å²) in [6.07, 6.45) is 3.28. The lowest BCUT2D eigenvalue weighted by Crippen LogP contribution is -2.39. The summed E-state index contributed by atoms with van der Waals surface area (Å²) in [5.41, 5.74) is -0.207. The third-order valence-corrected chi connectivity index (χ3v) is 3.03. The summed E-state index contributed by atoms with van der Waals surface area (Å²) < 4.78 is 5.34. The van der Waals surface area contributed by atoms with Gasteiger partial charge in [0.15, 0.2) is 5.96 Å². The summed E-state index contributed by atoms with van der Waals surface area (Å²) in [7, 11) is 1.72. The molecule has 0 aliphatic carbocycles. The van der Waals surface area contributed by atoms with Gasteiger partial charge in [0.05, 0.1) is 12.1 Å². The molecule has 0 aromatic carbocycles. The molecule has 0 fully saturated rings. The number of ether oxygens (including phenoxy) is 1. The van der Waals surface area contributed by atoms with Crippen molar-refractivity contribution < 1.29 is 4.74 Å². The number of aliphatic imine (C=N–C) groups is 1. The molecule has 0 amide bonds. The molecule has 2 N–H and O–H groups in total. The Hall–Kier alpha value is 0.310. The average molecular weight is 389 g/mol. The molecule has 0 aliphatic rings. The highest BCUT2D eigenvalue weighted by Crippen LogP contribution is 2.06. The molecule has 0 spiro atoms. The van der Waals surface area contributed by atoms with Gasteiger partial charge in [-0.15, -0.1) is 24.0 Å². The Balaban J connectivity index is 0. The number of hydrogen-bond acceptors (Lipinski definition) is 3. The van der Waals surface area contributed by atoms with E-state index in [9.17, 15) is 0 Å². The van der Waals surface area contributed by atoms with E-state index in [0.29, 0.717) is 6.54 Å². The average Bonchev–Trinajstić information content (AvgIpc) is 2.31. The second kappa shape index (κ2) is 12.3. The highest BCUT2D eigenvalue weighted by atomic mass is 127. The van der Waals surface area contributed by atoms with E-state index in [1.165, 1.54) is 5.75 Å². The highest BCUT2D eigenvalue weighted by molar-refractivity contribution is 14.0. The van der Waals surface area contributed by atoms with Gasteiger partial charge in [-0.3, -0.25) is 4.99 Å². The van der Waals surface area contributed by atoms with Gasteiger partial charge in [-0.2, -0.15) is 11.8 Å². The molecule has 0 rings (SSSR count). The summed E-state index contributed by atoms with van der Waals surface area (Å²) in [5.74, 6) is 2.05. The van der Waals surface area contributed by atoms with Crippen LogP contribution in [0, 0.1) is 0 Å². The summed E-state index contributed by atoms with van der Waals surface area (Å²) in [4.78, 5) is 4.52. The van der Waals surface area contributed by atoms with Crippen LogP contribution in [-0.2, 0) is 4.74 Å². The molecule has 0 saturated heterocycles. The summed E-state index contributed by atoms with van der Waals surface area (Å²) in [5, 5.41) is 6.55. The number of guanidine groups is 1. The van der Waals surface area contributed by atoms with Gasteiger partial charge in [-0.1, -0.05) is 0 Å². The molecule has 0 bridgehead atoms. The van der Waals surface area contributed by atoms with Crippen molar-refractivity contribution in [1.29, 1.82) is 0 Å². The minimum Gasteiger partial charge on any atom is -0.377 e. The zero-order valence-corrected chi connectivity index (χ0v) is 15.4. The number of hydrogen-bond donors (Lipinski definition) is 2. The minimum atomic E-state index is -0.207. The van der Waals surface area contributed by atoms with E-state index in [1.807, 2.05) is 25.6 Å². The number of methoxy groups -OCH3 is 1. The van der Waals surface area contributed by atoms with Gasteiger partial charge in [0.1, 0.15) is 0 Å². The molecular weight excluding hydrogens is 361 g/mol. The molecule has 0 atom stereocenters. The van der Waals surface area contributed by atoms with Crippen LogP contribution in [0.3, 0.4) is 0 Å².